The van der Waals surface area contributed by atoms with Crippen molar-refractivity contribution in [3.8, 4) is 10.6 Å². The van der Waals surface area contributed by atoms with Crippen LogP contribution in [0, 0.1) is 5.41 Å². The van der Waals surface area contributed by atoms with E-state index in [2.05, 4.69) is 48.4 Å². The highest BCUT2D eigenvalue weighted by molar-refractivity contribution is 7.13. The van der Waals surface area contributed by atoms with Crippen LogP contribution < -0.4 is 5.32 Å². The molecule has 1 unspecified atom stereocenters. The molecule has 1 heterocycles. The molecular weight excluding hydrogens is 276 g/mol. The van der Waals surface area contributed by atoms with Crippen molar-refractivity contribution in [2.24, 2.45) is 5.41 Å². The van der Waals surface area contributed by atoms with Gasteiger partial charge >= 0.3 is 0 Å². The fraction of sp³-hybridized carbons (Fsp3) is 0.500. The topological polar surface area (TPSA) is 24.9 Å². The van der Waals surface area contributed by atoms with E-state index in [0.717, 1.165) is 5.01 Å². The van der Waals surface area contributed by atoms with E-state index < -0.39 is 0 Å². The molecule has 2 nitrogen and oxygen atoms in total. The van der Waals surface area contributed by atoms with Crippen LogP contribution in [0.2, 0.25) is 0 Å². The Balaban J connectivity index is 1.69. The molecule has 0 spiro atoms. The highest BCUT2D eigenvalue weighted by atomic mass is 32.1. The second kappa shape index (κ2) is 6.18. The molecule has 0 bridgehead atoms. The Hall–Kier alpha value is -1.35. The van der Waals surface area contributed by atoms with Crippen molar-refractivity contribution < 1.29 is 0 Å². The smallest absolute Gasteiger partial charge is 0.123 e. The highest BCUT2D eigenvalue weighted by Gasteiger charge is 2.24. The lowest BCUT2D eigenvalue weighted by molar-refractivity contribution is 0.313. The molecule has 1 aromatic carbocycles. The van der Waals surface area contributed by atoms with Gasteiger partial charge in [-0.3, -0.25) is 0 Å². The van der Waals surface area contributed by atoms with Gasteiger partial charge in [-0.15, -0.1) is 11.3 Å². The van der Waals surface area contributed by atoms with Crippen LogP contribution in [0.4, 0.5) is 5.69 Å². The van der Waals surface area contributed by atoms with Gasteiger partial charge in [-0.1, -0.05) is 32.4 Å². The van der Waals surface area contributed by atoms with Crippen LogP contribution in [0.3, 0.4) is 0 Å². The molecule has 2 aromatic rings. The molecule has 1 atom stereocenters. The molecule has 1 aliphatic rings. The second-order valence-corrected chi connectivity index (χ2v) is 7.75. The van der Waals surface area contributed by atoms with Crippen molar-refractivity contribution in [1.29, 1.82) is 0 Å². The normalized spacial score (nSPS) is 21.7. The van der Waals surface area contributed by atoms with Crippen molar-refractivity contribution in [1.82, 2.24) is 4.98 Å². The first-order valence-corrected chi connectivity index (χ1v) is 8.77. The van der Waals surface area contributed by atoms with Crippen LogP contribution in [0.15, 0.2) is 35.8 Å². The zero-order chi connectivity index (χ0) is 14.7. The Bertz CT molecular complexity index is 575. The summed E-state index contributed by atoms with van der Waals surface area (Å²) in [5.41, 5.74) is 2.95. The third kappa shape index (κ3) is 3.85. The van der Waals surface area contributed by atoms with E-state index >= 15 is 0 Å². The van der Waals surface area contributed by atoms with Gasteiger partial charge in [0, 0.05) is 28.9 Å². The molecule has 0 amide bonds. The molecule has 1 saturated carbocycles. The Labute approximate surface area is 131 Å². The third-order valence-electron chi connectivity index (χ3n) is 4.49. The SMILES string of the molecule is CC1(C)CCCC(Nc2cccc(-c3nccs3)c2)CC1. The number of hydrogen-bond donors (Lipinski definition) is 1. The number of rotatable bonds is 3. The number of benzene rings is 1. The summed E-state index contributed by atoms with van der Waals surface area (Å²) in [5.74, 6) is 0. The van der Waals surface area contributed by atoms with Crippen LogP contribution in [0.1, 0.15) is 46.0 Å². The summed E-state index contributed by atoms with van der Waals surface area (Å²) >= 11 is 1.69. The maximum Gasteiger partial charge on any atom is 0.123 e. The first-order chi connectivity index (χ1) is 10.1. The number of nitrogens with zero attached hydrogens (tertiary/aromatic N) is 1. The van der Waals surface area contributed by atoms with Crippen molar-refractivity contribution >= 4 is 17.0 Å². The summed E-state index contributed by atoms with van der Waals surface area (Å²) in [6.45, 7) is 4.80. The van der Waals surface area contributed by atoms with E-state index in [9.17, 15) is 0 Å². The van der Waals surface area contributed by atoms with E-state index in [0.29, 0.717) is 11.5 Å². The number of aromatic nitrogens is 1. The van der Waals surface area contributed by atoms with Crippen LogP contribution in [0.25, 0.3) is 10.6 Å². The molecule has 3 rings (SSSR count). The summed E-state index contributed by atoms with van der Waals surface area (Å²) < 4.78 is 0. The summed E-state index contributed by atoms with van der Waals surface area (Å²) in [6.07, 6.45) is 8.42. The summed E-state index contributed by atoms with van der Waals surface area (Å²) in [4.78, 5) is 4.40. The minimum Gasteiger partial charge on any atom is -0.382 e. The number of nitrogens with one attached hydrogen (secondary N) is 1. The van der Waals surface area contributed by atoms with Gasteiger partial charge in [-0.2, -0.15) is 0 Å². The standard InChI is InChI=1S/C18H24N2S/c1-18(2)9-4-7-15(8-10-18)20-16-6-3-5-14(13-16)17-19-11-12-21-17/h3,5-6,11-13,15,20H,4,7-10H2,1-2H3. The lowest BCUT2D eigenvalue weighted by Gasteiger charge is -2.22. The van der Waals surface area contributed by atoms with Gasteiger partial charge in [0.25, 0.3) is 0 Å². The monoisotopic (exact) mass is 300 g/mol. The Morgan fingerprint density at radius 3 is 2.95 bits per heavy atom. The average Bonchev–Trinajstić information content (AvgIpc) is 2.93. The van der Waals surface area contributed by atoms with Crippen LogP contribution in [0.5, 0.6) is 0 Å². The van der Waals surface area contributed by atoms with Gasteiger partial charge in [0.15, 0.2) is 0 Å². The van der Waals surface area contributed by atoms with Crippen LogP contribution in [-0.4, -0.2) is 11.0 Å². The molecule has 1 fully saturated rings. The van der Waals surface area contributed by atoms with Gasteiger partial charge < -0.3 is 5.32 Å². The Morgan fingerprint density at radius 1 is 1.24 bits per heavy atom. The average molecular weight is 300 g/mol. The molecule has 1 aliphatic carbocycles. The van der Waals surface area contributed by atoms with E-state index in [1.807, 2.05) is 11.6 Å². The Morgan fingerprint density at radius 2 is 2.14 bits per heavy atom. The maximum absolute atomic E-state index is 4.40. The van der Waals surface area contributed by atoms with Crippen molar-refractivity contribution in [3.05, 3.63) is 35.8 Å². The van der Waals surface area contributed by atoms with E-state index in [1.165, 1.54) is 43.4 Å². The number of anilines is 1. The second-order valence-electron chi connectivity index (χ2n) is 6.85. The lowest BCUT2D eigenvalue weighted by atomic mass is 9.85. The molecular formula is C18H24N2S. The molecule has 1 aromatic heterocycles. The summed E-state index contributed by atoms with van der Waals surface area (Å²) in [5, 5.41) is 6.87. The quantitative estimate of drug-likeness (QED) is 0.748. The van der Waals surface area contributed by atoms with Crippen LogP contribution >= 0.6 is 11.3 Å². The number of thiazole rings is 1. The Kier molecular flexibility index (Phi) is 4.29. The van der Waals surface area contributed by atoms with E-state index in [4.69, 9.17) is 0 Å². The maximum atomic E-state index is 4.40. The van der Waals surface area contributed by atoms with Crippen molar-refractivity contribution in [2.75, 3.05) is 5.32 Å². The molecule has 0 saturated heterocycles. The predicted molar refractivity (Wildman–Crippen MR) is 91.8 cm³/mol. The largest absolute Gasteiger partial charge is 0.382 e. The van der Waals surface area contributed by atoms with Crippen molar-refractivity contribution in [2.45, 2.75) is 52.0 Å². The zero-order valence-electron chi connectivity index (χ0n) is 12.9. The number of hydrogen-bond acceptors (Lipinski definition) is 3. The fourth-order valence-corrected chi connectivity index (χ4v) is 3.78. The third-order valence-corrected chi connectivity index (χ3v) is 5.31. The molecule has 21 heavy (non-hydrogen) atoms. The molecule has 112 valence electrons. The van der Waals surface area contributed by atoms with Crippen LogP contribution in [-0.2, 0) is 0 Å². The molecule has 3 heteroatoms. The minimum atomic E-state index is 0.513. The predicted octanol–water partition coefficient (Wildman–Crippen LogP) is 5.58. The molecule has 1 N–H and O–H groups in total. The first-order valence-electron chi connectivity index (χ1n) is 7.89. The highest BCUT2D eigenvalue weighted by Crippen LogP contribution is 2.35. The van der Waals surface area contributed by atoms with Gasteiger partial charge in [0.2, 0.25) is 0 Å². The molecule has 0 radical (unpaired) electrons. The minimum absolute atomic E-state index is 0.513. The molecule has 0 aliphatic heterocycles. The fourth-order valence-electron chi connectivity index (χ4n) is 3.15. The van der Waals surface area contributed by atoms with Gasteiger partial charge in [-0.25, -0.2) is 4.98 Å². The van der Waals surface area contributed by atoms with Crippen molar-refractivity contribution in [3.63, 3.8) is 0 Å². The van der Waals surface area contributed by atoms with E-state index in [-0.39, 0.29) is 0 Å². The van der Waals surface area contributed by atoms with Gasteiger partial charge in [0.05, 0.1) is 0 Å². The van der Waals surface area contributed by atoms with Gasteiger partial charge in [0.1, 0.15) is 5.01 Å². The first kappa shape index (κ1) is 14.6. The zero-order valence-corrected chi connectivity index (χ0v) is 13.7. The van der Waals surface area contributed by atoms with Gasteiger partial charge in [-0.05, 0) is 43.2 Å². The van der Waals surface area contributed by atoms with E-state index in [1.54, 1.807) is 11.3 Å². The lowest BCUT2D eigenvalue weighted by Crippen LogP contribution is -2.19. The summed E-state index contributed by atoms with van der Waals surface area (Å²) in [6, 6.07) is 9.28. The summed E-state index contributed by atoms with van der Waals surface area (Å²) in [7, 11) is 0.